The maximum absolute atomic E-state index is 13.8. The zero-order valence-electron chi connectivity index (χ0n) is 16.9. The van der Waals surface area contributed by atoms with Crippen molar-refractivity contribution in [1.82, 2.24) is 9.78 Å². The van der Waals surface area contributed by atoms with Gasteiger partial charge in [-0.1, -0.05) is 30.3 Å². The van der Waals surface area contributed by atoms with Gasteiger partial charge in [-0.3, -0.25) is 4.79 Å². The highest BCUT2D eigenvalue weighted by molar-refractivity contribution is 6.03. The lowest BCUT2D eigenvalue weighted by Crippen LogP contribution is -2.35. The van der Waals surface area contributed by atoms with Gasteiger partial charge in [0.2, 0.25) is 0 Å². The summed E-state index contributed by atoms with van der Waals surface area (Å²) in [6.45, 7) is 1.83. The monoisotopic (exact) mass is 430 g/mol. The first kappa shape index (κ1) is 20.8. The number of amides is 1. The Labute approximate surface area is 177 Å². The van der Waals surface area contributed by atoms with Crippen LogP contribution in [0.1, 0.15) is 40.1 Å². The molecule has 1 aromatic heterocycles. The molecule has 6 nitrogen and oxygen atoms in total. The maximum Gasteiger partial charge on any atom is 0.410 e. The number of para-hydroxylation sites is 1. The molecule has 0 radical (unpaired) electrons. The highest BCUT2D eigenvalue weighted by atomic mass is 19.4. The summed E-state index contributed by atoms with van der Waals surface area (Å²) in [6, 6.07) is 12.9. The van der Waals surface area contributed by atoms with E-state index in [1.54, 1.807) is 36.4 Å². The first-order valence-corrected chi connectivity index (χ1v) is 9.70. The molecule has 2 heterocycles. The second-order valence-electron chi connectivity index (χ2n) is 7.39. The lowest BCUT2D eigenvalue weighted by Gasteiger charge is -2.33. The van der Waals surface area contributed by atoms with Crippen molar-refractivity contribution in [3.63, 3.8) is 0 Å². The fourth-order valence-electron chi connectivity index (χ4n) is 3.64. The van der Waals surface area contributed by atoms with E-state index in [-0.39, 0.29) is 17.9 Å². The number of halogens is 3. The Hall–Kier alpha value is -3.49. The second kappa shape index (κ2) is 7.98. The average molecular weight is 430 g/mol. The number of aromatic nitrogens is 2. The van der Waals surface area contributed by atoms with Crippen LogP contribution in [0.25, 0.3) is 0 Å². The first-order chi connectivity index (χ1) is 14.8. The number of anilines is 2. The number of aryl methyl sites for hydroxylation is 1. The molecule has 4 rings (SSSR count). The van der Waals surface area contributed by atoms with E-state index in [0.29, 0.717) is 17.0 Å². The highest BCUT2D eigenvalue weighted by Crippen LogP contribution is 2.43. The zero-order valence-corrected chi connectivity index (χ0v) is 16.9. The topological polar surface area (TPSA) is 68.2 Å². The van der Waals surface area contributed by atoms with E-state index in [4.69, 9.17) is 4.74 Å². The molecule has 2 N–H and O–H groups in total. The molecule has 9 heteroatoms. The number of ether oxygens (including phenoxy) is 1. The van der Waals surface area contributed by atoms with E-state index < -0.39 is 24.2 Å². The van der Waals surface area contributed by atoms with Crippen molar-refractivity contribution in [1.29, 1.82) is 0 Å². The lowest BCUT2D eigenvalue weighted by atomic mass is 9.97. The predicted molar refractivity (Wildman–Crippen MR) is 110 cm³/mol. The fraction of sp³-hybridized carbons (Fsp3) is 0.273. The third-order valence-electron chi connectivity index (χ3n) is 5.33. The lowest BCUT2D eigenvalue weighted by molar-refractivity contribution is -0.173. The summed E-state index contributed by atoms with van der Waals surface area (Å²) in [7, 11) is 1.52. The number of benzene rings is 2. The van der Waals surface area contributed by atoms with Gasteiger partial charge in [-0.25, -0.2) is 4.68 Å². The molecule has 1 aliphatic heterocycles. The molecule has 31 heavy (non-hydrogen) atoms. The van der Waals surface area contributed by atoms with Gasteiger partial charge < -0.3 is 15.4 Å². The van der Waals surface area contributed by atoms with Gasteiger partial charge in [0.05, 0.1) is 13.2 Å². The number of carbonyl (C=O) groups is 1. The minimum Gasteiger partial charge on any atom is -0.497 e. The van der Waals surface area contributed by atoms with Crippen LogP contribution in [0, 0.1) is 6.92 Å². The van der Waals surface area contributed by atoms with Crippen molar-refractivity contribution >= 4 is 17.4 Å². The zero-order chi connectivity index (χ0) is 22.2. The molecule has 1 aliphatic rings. The van der Waals surface area contributed by atoms with Crippen LogP contribution in [0.5, 0.6) is 5.75 Å². The molecule has 0 unspecified atom stereocenters. The van der Waals surface area contributed by atoms with Crippen LogP contribution < -0.4 is 15.4 Å². The van der Waals surface area contributed by atoms with Gasteiger partial charge in [0.15, 0.2) is 11.7 Å². The summed E-state index contributed by atoms with van der Waals surface area (Å²) in [4.78, 5) is 12.7. The van der Waals surface area contributed by atoms with Crippen molar-refractivity contribution in [2.24, 2.45) is 0 Å². The van der Waals surface area contributed by atoms with Gasteiger partial charge in [-0.15, -0.1) is 0 Å². The number of rotatable bonds is 4. The van der Waals surface area contributed by atoms with Crippen molar-refractivity contribution in [2.45, 2.75) is 31.6 Å². The summed E-state index contributed by atoms with van der Waals surface area (Å²) < 4.78 is 47.5. The number of nitrogens with one attached hydrogen (secondary N) is 2. The Morgan fingerprint density at radius 2 is 1.90 bits per heavy atom. The number of nitrogens with zero attached hydrogens (tertiary/aromatic N) is 2. The number of hydrogen-bond donors (Lipinski definition) is 2. The van der Waals surface area contributed by atoms with E-state index >= 15 is 0 Å². The Kier molecular flexibility index (Phi) is 5.34. The van der Waals surface area contributed by atoms with Gasteiger partial charge in [0.1, 0.15) is 11.6 Å². The SMILES string of the molecule is COc1ccc([C@H]2C[C@H](C(F)(F)F)n3nc(C(=O)Nc4ccccc4C)cc3N2)cc1. The Morgan fingerprint density at radius 3 is 2.55 bits per heavy atom. The number of fused-ring (bicyclic) bond motifs is 1. The molecule has 0 bridgehead atoms. The molecule has 0 spiro atoms. The van der Waals surface area contributed by atoms with Crippen LogP contribution in [0.3, 0.4) is 0 Å². The first-order valence-electron chi connectivity index (χ1n) is 9.70. The molecule has 162 valence electrons. The maximum atomic E-state index is 13.8. The summed E-state index contributed by atoms with van der Waals surface area (Å²) >= 11 is 0. The Bertz CT molecular complexity index is 1090. The predicted octanol–water partition coefficient (Wildman–Crippen LogP) is 5.11. The van der Waals surface area contributed by atoms with Crippen molar-refractivity contribution in [2.75, 3.05) is 17.7 Å². The van der Waals surface area contributed by atoms with Crippen molar-refractivity contribution in [3.8, 4) is 5.75 Å². The van der Waals surface area contributed by atoms with Crippen LogP contribution in [0.4, 0.5) is 24.7 Å². The Balaban J connectivity index is 1.64. The van der Waals surface area contributed by atoms with E-state index in [9.17, 15) is 18.0 Å². The molecule has 0 saturated heterocycles. The fourth-order valence-corrected chi connectivity index (χ4v) is 3.64. The van der Waals surface area contributed by atoms with E-state index in [1.165, 1.54) is 13.2 Å². The third kappa shape index (κ3) is 4.21. The standard InChI is InChI=1S/C22H21F3N4O2/c1-13-5-3-4-6-16(13)27-21(30)18-12-20-26-17(14-7-9-15(31-2)10-8-14)11-19(22(23,24)25)29(20)28-18/h3-10,12,17,19,26H,11H2,1-2H3,(H,27,30)/t17-,19-/m1/s1. The largest absolute Gasteiger partial charge is 0.497 e. The van der Waals surface area contributed by atoms with E-state index in [0.717, 1.165) is 10.2 Å². The van der Waals surface area contributed by atoms with Crippen molar-refractivity contribution < 1.29 is 22.7 Å². The number of carbonyl (C=O) groups excluding carboxylic acids is 1. The number of hydrogen-bond acceptors (Lipinski definition) is 4. The quantitative estimate of drug-likeness (QED) is 0.603. The molecular weight excluding hydrogens is 409 g/mol. The molecule has 2 aromatic carbocycles. The molecule has 2 atom stereocenters. The van der Waals surface area contributed by atoms with E-state index in [2.05, 4.69) is 15.7 Å². The van der Waals surface area contributed by atoms with Gasteiger partial charge in [-0.2, -0.15) is 18.3 Å². The van der Waals surface area contributed by atoms with E-state index in [1.807, 2.05) is 19.1 Å². The molecule has 0 aliphatic carbocycles. The summed E-state index contributed by atoms with van der Waals surface area (Å²) in [5, 5.41) is 9.77. The molecular formula is C22H21F3N4O2. The van der Waals surface area contributed by atoms with Crippen LogP contribution in [0.15, 0.2) is 54.6 Å². The second-order valence-corrected chi connectivity index (χ2v) is 7.39. The number of methoxy groups -OCH3 is 1. The van der Waals surface area contributed by atoms with Crippen LogP contribution in [-0.4, -0.2) is 29.0 Å². The molecule has 3 aromatic rings. The van der Waals surface area contributed by atoms with Gasteiger partial charge in [0, 0.05) is 18.2 Å². The smallest absolute Gasteiger partial charge is 0.410 e. The van der Waals surface area contributed by atoms with Crippen LogP contribution >= 0.6 is 0 Å². The van der Waals surface area contributed by atoms with Gasteiger partial charge in [0.25, 0.3) is 5.91 Å². The molecule has 1 amide bonds. The third-order valence-corrected chi connectivity index (χ3v) is 5.33. The minimum absolute atomic E-state index is 0.0876. The van der Waals surface area contributed by atoms with Gasteiger partial charge >= 0.3 is 6.18 Å². The molecule has 0 fully saturated rings. The summed E-state index contributed by atoms with van der Waals surface area (Å²) in [5.74, 6) is 0.191. The van der Waals surface area contributed by atoms with Gasteiger partial charge in [-0.05, 0) is 36.2 Å². The Morgan fingerprint density at radius 1 is 1.19 bits per heavy atom. The number of alkyl halides is 3. The van der Waals surface area contributed by atoms with Crippen molar-refractivity contribution in [3.05, 3.63) is 71.4 Å². The summed E-state index contributed by atoms with van der Waals surface area (Å²) in [6.07, 6.45) is -4.76. The van der Waals surface area contributed by atoms with Crippen LogP contribution in [-0.2, 0) is 0 Å². The highest BCUT2D eigenvalue weighted by Gasteiger charge is 2.46. The van der Waals surface area contributed by atoms with Crippen LogP contribution in [0.2, 0.25) is 0 Å². The normalized spacial score (nSPS) is 18.1. The minimum atomic E-state index is -4.52. The summed E-state index contributed by atoms with van der Waals surface area (Å²) in [5.41, 5.74) is 2.02. The molecule has 0 saturated carbocycles. The average Bonchev–Trinajstić information content (AvgIpc) is 3.18.